The van der Waals surface area contributed by atoms with Gasteiger partial charge in [-0.1, -0.05) is 36.4 Å². The van der Waals surface area contributed by atoms with Crippen molar-refractivity contribution in [1.82, 2.24) is 9.88 Å². The van der Waals surface area contributed by atoms with Gasteiger partial charge in [0.2, 0.25) is 0 Å². The normalized spacial score (nSPS) is 22.9. The molecule has 3 heterocycles. The highest BCUT2D eigenvalue weighted by Gasteiger charge is 2.55. The van der Waals surface area contributed by atoms with Crippen molar-refractivity contribution in [3.63, 3.8) is 0 Å². The molecule has 0 bridgehead atoms. The number of anilines is 2. The molecular formula is C23H18N4O3. The van der Waals surface area contributed by atoms with Crippen LogP contribution in [0.2, 0.25) is 0 Å². The Labute approximate surface area is 172 Å². The lowest BCUT2D eigenvalue weighted by atomic mass is 10.1. The van der Waals surface area contributed by atoms with Crippen molar-refractivity contribution in [3.05, 3.63) is 89.1 Å². The van der Waals surface area contributed by atoms with Gasteiger partial charge in [0.25, 0.3) is 5.91 Å². The minimum absolute atomic E-state index is 0.0620. The number of pyridine rings is 1. The third kappa shape index (κ3) is 2.45. The van der Waals surface area contributed by atoms with E-state index in [-0.39, 0.29) is 18.1 Å². The van der Waals surface area contributed by atoms with Gasteiger partial charge in [-0.05, 0) is 35.4 Å². The number of amides is 3. The lowest BCUT2D eigenvalue weighted by Gasteiger charge is -2.22. The standard InChI is InChI=1S/C23H18N4O3/c28-21-15-8-5-9-16(25-23(29)26-18-10-3-4-11-24-18)19(15)22-27(21)20-14-7-2-1-6-13(14)12-17(20)30-22/h1-11,17,20,22H,12H2,(H2,24,25,26,29)/t17-,20+,22?/m1/s1. The van der Waals surface area contributed by atoms with Crippen molar-refractivity contribution in [3.8, 4) is 0 Å². The molecule has 1 aliphatic carbocycles. The number of nitrogens with one attached hydrogen (secondary N) is 2. The monoisotopic (exact) mass is 398 g/mol. The summed E-state index contributed by atoms with van der Waals surface area (Å²) >= 11 is 0. The van der Waals surface area contributed by atoms with E-state index >= 15 is 0 Å². The van der Waals surface area contributed by atoms with Crippen LogP contribution in [0.15, 0.2) is 66.9 Å². The molecule has 0 spiro atoms. The average molecular weight is 398 g/mol. The topological polar surface area (TPSA) is 83.6 Å². The molecule has 7 nitrogen and oxygen atoms in total. The molecule has 3 aliphatic rings. The highest BCUT2D eigenvalue weighted by atomic mass is 16.5. The second-order valence-corrected chi connectivity index (χ2v) is 7.65. The first-order valence-electron chi connectivity index (χ1n) is 9.88. The van der Waals surface area contributed by atoms with Crippen molar-refractivity contribution in [2.45, 2.75) is 24.8 Å². The Morgan fingerprint density at radius 3 is 2.77 bits per heavy atom. The number of ether oxygens (including phenoxy) is 1. The van der Waals surface area contributed by atoms with Gasteiger partial charge in [0.05, 0.1) is 17.8 Å². The molecule has 1 saturated heterocycles. The van der Waals surface area contributed by atoms with Crippen LogP contribution in [-0.2, 0) is 11.2 Å². The lowest BCUT2D eigenvalue weighted by molar-refractivity contribution is 0.0105. The van der Waals surface area contributed by atoms with E-state index in [1.54, 1.807) is 42.6 Å². The number of fused-ring (bicyclic) bond motifs is 7. The minimum Gasteiger partial charge on any atom is -0.348 e. The predicted octanol–water partition coefficient (Wildman–Crippen LogP) is 3.88. The maximum Gasteiger partial charge on any atom is 0.324 e. The van der Waals surface area contributed by atoms with Crippen molar-refractivity contribution < 1.29 is 14.3 Å². The summed E-state index contributed by atoms with van der Waals surface area (Å²) in [5.74, 6) is 0.386. The van der Waals surface area contributed by atoms with Gasteiger partial charge in [-0.15, -0.1) is 0 Å². The van der Waals surface area contributed by atoms with Gasteiger partial charge >= 0.3 is 6.03 Å². The third-order valence-electron chi connectivity index (χ3n) is 5.98. The van der Waals surface area contributed by atoms with Crippen molar-refractivity contribution in [2.24, 2.45) is 0 Å². The Hall–Kier alpha value is -3.71. The fraction of sp³-hybridized carbons (Fsp3) is 0.174. The molecule has 1 fully saturated rings. The fourth-order valence-corrected chi connectivity index (χ4v) is 4.78. The third-order valence-corrected chi connectivity index (χ3v) is 5.98. The first-order chi connectivity index (χ1) is 14.7. The molecule has 2 N–H and O–H groups in total. The maximum atomic E-state index is 13.3. The molecule has 2 aromatic carbocycles. The van der Waals surface area contributed by atoms with Crippen molar-refractivity contribution in [2.75, 3.05) is 10.6 Å². The number of benzene rings is 2. The summed E-state index contributed by atoms with van der Waals surface area (Å²) in [6.45, 7) is 0. The summed E-state index contributed by atoms with van der Waals surface area (Å²) in [4.78, 5) is 31.7. The maximum absolute atomic E-state index is 13.3. The van der Waals surface area contributed by atoms with E-state index < -0.39 is 12.3 Å². The molecule has 6 rings (SSSR count). The Morgan fingerprint density at radius 1 is 1.03 bits per heavy atom. The van der Waals surface area contributed by atoms with E-state index in [0.29, 0.717) is 22.6 Å². The Kier molecular flexibility index (Phi) is 3.66. The highest BCUT2D eigenvalue weighted by Crippen LogP contribution is 2.54. The molecule has 3 aromatic rings. The summed E-state index contributed by atoms with van der Waals surface area (Å²) in [5, 5.41) is 5.56. The molecular weight excluding hydrogens is 380 g/mol. The molecule has 0 radical (unpaired) electrons. The predicted molar refractivity (Wildman–Crippen MR) is 110 cm³/mol. The number of hydrogen-bond donors (Lipinski definition) is 2. The Bertz CT molecular complexity index is 1180. The molecule has 7 heteroatoms. The van der Waals surface area contributed by atoms with Crippen LogP contribution in [-0.4, -0.2) is 27.9 Å². The van der Waals surface area contributed by atoms with E-state index in [0.717, 1.165) is 12.0 Å². The largest absolute Gasteiger partial charge is 0.348 e. The number of carbonyl (C=O) groups excluding carboxylic acids is 2. The zero-order chi connectivity index (χ0) is 20.2. The van der Waals surface area contributed by atoms with E-state index in [1.807, 2.05) is 17.0 Å². The summed E-state index contributed by atoms with van der Waals surface area (Å²) in [7, 11) is 0. The number of urea groups is 1. The van der Waals surface area contributed by atoms with Crippen LogP contribution in [0.4, 0.5) is 16.3 Å². The Balaban J connectivity index is 1.32. The van der Waals surface area contributed by atoms with Crippen LogP contribution >= 0.6 is 0 Å². The van der Waals surface area contributed by atoms with Gasteiger partial charge in [-0.3, -0.25) is 15.0 Å². The van der Waals surface area contributed by atoms with Gasteiger partial charge in [-0.25, -0.2) is 9.78 Å². The molecule has 3 atom stereocenters. The second kappa shape index (κ2) is 6.40. The van der Waals surface area contributed by atoms with Crippen LogP contribution in [0.1, 0.15) is 39.3 Å². The molecule has 30 heavy (non-hydrogen) atoms. The lowest BCUT2D eigenvalue weighted by Crippen LogP contribution is -2.28. The SMILES string of the molecule is O=C(Nc1ccccn1)Nc1cccc2c1C1O[C@@H]3Cc4ccccc4[C@@H]3N1C2=O. The summed E-state index contributed by atoms with van der Waals surface area (Å²) in [5.41, 5.74) is 4.22. The fourth-order valence-electron chi connectivity index (χ4n) is 4.78. The molecule has 1 aromatic heterocycles. The number of rotatable bonds is 2. The molecule has 0 saturated carbocycles. The molecule has 1 unspecified atom stereocenters. The van der Waals surface area contributed by atoms with E-state index in [2.05, 4.69) is 27.8 Å². The first-order valence-corrected chi connectivity index (χ1v) is 9.88. The number of hydrogen-bond acceptors (Lipinski definition) is 4. The van der Waals surface area contributed by atoms with Gasteiger partial charge in [0, 0.05) is 23.7 Å². The quantitative estimate of drug-likeness (QED) is 0.686. The van der Waals surface area contributed by atoms with Crippen LogP contribution in [0.25, 0.3) is 0 Å². The van der Waals surface area contributed by atoms with E-state index in [1.165, 1.54) is 5.56 Å². The van der Waals surface area contributed by atoms with E-state index in [4.69, 9.17) is 4.74 Å². The first kappa shape index (κ1) is 17.2. The highest BCUT2D eigenvalue weighted by molar-refractivity contribution is 6.05. The zero-order valence-electron chi connectivity index (χ0n) is 15.9. The van der Waals surface area contributed by atoms with Gasteiger partial charge in [0.1, 0.15) is 5.82 Å². The number of carbonyl (C=O) groups is 2. The van der Waals surface area contributed by atoms with Crippen LogP contribution in [0, 0.1) is 0 Å². The molecule has 2 aliphatic heterocycles. The van der Waals surface area contributed by atoms with E-state index in [9.17, 15) is 9.59 Å². The Morgan fingerprint density at radius 2 is 1.90 bits per heavy atom. The molecule has 3 amide bonds. The number of aromatic nitrogens is 1. The summed E-state index contributed by atoms with van der Waals surface area (Å²) in [6, 6.07) is 18.3. The van der Waals surface area contributed by atoms with Gasteiger partial charge in [-0.2, -0.15) is 0 Å². The van der Waals surface area contributed by atoms with Crippen LogP contribution < -0.4 is 10.6 Å². The summed E-state index contributed by atoms with van der Waals surface area (Å²) < 4.78 is 6.35. The average Bonchev–Trinajstić information content (AvgIpc) is 3.37. The van der Waals surface area contributed by atoms with Gasteiger partial charge < -0.3 is 10.1 Å². The summed E-state index contributed by atoms with van der Waals surface area (Å²) in [6.07, 6.45) is 1.82. The second-order valence-electron chi connectivity index (χ2n) is 7.65. The number of nitrogens with zero attached hydrogens (tertiary/aromatic N) is 2. The van der Waals surface area contributed by atoms with Crippen molar-refractivity contribution >= 4 is 23.4 Å². The zero-order valence-corrected chi connectivity index (χ0v) is 15.9. The van der Waals surface area contributed by atoms with Crippen molar-refractivity contribution in [1.29, 1.82) is 0 Å². The van der Waals surface area contributed by atoms with Crippen LogP contribution in [0.5, 0.6) is 0 Å². The van der Waals surface area contributed by atoms with Crippen LogP contribution in [0.3, 0.4) is 0 Å². The molecule has 148 valence electrons. The minimum atomic E-state index is -0.498. The van der Waals surface area contributed by atoms with Gasteiger partial charge in [0.15, 0.2) is 6.23 Å². The smallest absolute Gasteiger partial charge is 0.324 e.